The smallest absolute Gasteiger partial charge is 0.410 e. The van der Waals surface area contributed by atoms with Crippen LogP contribution in [0, 0.1) is 5.92 Å². The molecule has 3 N–H and O–H groups in total. The van der Waals surface area contributed by atoms with Crippen molar-refractivity contribution in [1.82, 2.24) is 20.1 Å². The fourth-order valence-electron chi connectivity index (χ4n) is 5.76. The molecule has 1 aromatic carbocycles. The third-order valence-electron chi connectivity index (χ3n) is 8.26. The van der Waals surface area contributed by atoms with Gasteiger partial charge in [0.2, 0.25) is 22.7 Å². The number of carbonyl (C=O) groups is 5. The quantitative estimate of drug-likeness (QED) is 0.354. The number of likely N-dealkylation sites (N-methyl/N-ethyl adjacent to an activating group) is 1. The Kier molecular flexibility index (Phi) is 10.8. The Hall–Kier alpha value is -4.00. The normalized spacial score (nSPS) is 18.5. The molecule has 13 heteroatoms. The zero-order valence-electron chi connectivity index (χ0n) is 26.5. The van der Waals surface area contributed by atoms with Gasteiger partial charge in [0.15, 0.2) is 0 Å². The van der Waals surface area contributed by atoms with Crippen LogP contribution >= 0.6 is 11.3 Å². The summed E-state index contributed by atoms with van der Waals surface area (Å²) in [5.74, 6) is -2.56. The van der Waals surface area contributed by atoms with Gasteiger partial charge in [-0.2, -0.15) is 0 Å². The second-order valence-corrected chi connectivity index (χ2v) is 13.7. The van der Waals surface area contributed by atoms with Crippen molar-refractivity contribution < 1.29 is 33.8 Å². The number of hydrogen-bond donors (Lipinski definition) is 3. The molecular formula is C32H43N5O7S. The first-order valence-electron chi connectivity index (χ1n) is 15.4. The van der Waals surface area contributed by atoms with E-state index in [0.29, 0.717) is 35.6 Å². The molecule has 1 saturated carbocycles. The van der Waals surface area contributed by atoms with Crippen LogP contribution in [0.25, 0.3) is 11.3 Å². The predicted octanol–water partition coefficient (Wildman–Crippen LogP) is 4.76. The van der Waals surface area contributed by atoms with Crippen molar-refractivity contribution in [2.75, 3.05) is 18.9 Å². The molecule has 12 nitrogen and oxygen atoms in total. The van der Waals surface area contributed by atoms with Crippen LogP contribution in [0.3, 0.4) is 0 Å². The maximum absolute atomic E-state index is 14.2. The Balaban J connectivity index is 1.53. The van der Waals surface area contributed by atoms with E-state index in [1.807, 2.05) is 6.07 Å². The average molecular weight is 642 g/mol. The number of amides is 4. The second kappa shape index (κ2) is 14.4. The highest BCUT2D eigenvalue weighted by Crippen LogP contribution is 2.35. The molecule has 2 aromatic rings. The lowest BCUT2D eigenvalue weighted by Crippen LogP contribution is -2.58. The molecule has 1 aliphatic carbocycles. The van der Waals surface area contributed by atoms with E-state index in [-0.39, 0.29) is 16.8 Å². The Bertz CT molecular complexity index is 1400. The van der Waals surface area contributed by atoms with Crippen molar-refractivity contribution in [3.8, 4) is 11.3 Å². The first kappa shape index (κ1) is 33.9. The molecule has 1 aromatic heterocycles. The number of benzene rings is 1. The van der Waals surface area contributed by atoms with E-state index in [2.05, 4.69) is 15.6 Å². The molecule has 0 spiro atoms. The van der Waals surface area contributed by atoms with Crippen LogP contribution in [-0.2, 0) is 19.1 Å². The van der Waals surface area contributed by atoms with Gasteiger partial charge in [-0.3, -0.25) is 19.3 Å². The SMILES string of the molecule is C[C@@H](C(=O)N[C@H](C(=O)N1CCC[C@H]1C(=O)Nc1sc(C(=O)O)nc1-c1ccccc1)C1CCCCC1)N(C)C(=O)OC(C)(C)C. The number of carbonyl (C=O) groups excluding carboxylic acids is 4. The molecule has 1 saturated heterocycles. The Morgan fingerprint density at radius 3 is 2.33 bits per heavy atom. The van der Waals surface area contributed by atoms with Gasteiger partial charge in [-0.15, -0.1) is 0 Å². The molecule has 0 unspecified atom stereocenters. The van der Waals surface area contributed by atoms with Gasteiger partial charge in [0.05, 0.1) is 0 Å². The number of carboxylic acid groups (broad SMARTS) is 1. The number of nitrogens with zero attached hydrogens (tertiary/aromatic N) is 3. The van der Waals surface area contributed by atoms with Crippen LogP contribution in [0.4, 0.5) is 9.80 Å². The molecule has 2 heterocycles. The summed E-state index contributed by atoms with van der Waals surface area (Å²) in [6.45, 7) is 7.15. The lowest BCUT2D eigenvalue weighted by atomic mass is 9.83. The van der Waals surface area contributed by atoms with E-state index in [0.717, 1.165) is 43.4 Å². The highest BCUT2D eigenvalue weighted by molar-refractivity contribution is 7.18. The van der Waals surface area contributed by atoms with Gasteiger partial charge in [0.1, 0.15) is 34.4 Å². The molecular weight excluding hydrogens is 598 g/mol. The number of anilines is 1. The average Bonchev–Trinajstić information content (AvgIpc) is 3.67. The van der Waals surface area contributed by atoms with Gasteiger partial charge in [-0.05, 0) is 59.3 Å². The number of aromatic nitrogens is 1. The van der Waals surface area contributed by atoms with Gasteiger partial charge in [-0.25, -0.2) is 14.6 Å². The number of carboxylic acids is 1. The number of hydrogen-bond acceptors (Lipinski definition) is 8. The van der Waals surface area contributed by atoms with Crippen LogP contribution in [0.15, 0.2) is 30.3 Å². The summed E-state index contributed by atoms with van der Waals surface area (Å²) < 4.78 is 5.41. The fourth-order valence-corrected chi connectivity index (χ4v) is 6.58. The van der Waals surface area contributed by atoms with Crippen LogP contribution < -0.4 is 10.6 Å². The van der Waals surface area contributed by atoms with Crippen molar-refractivity contribution in [3.05, 3.63) is 35.3 Å². The van der Waals surface area contributed by atoms with Gasteiger partial charge in [-0.1, -0.05) is 60.9 Å². The van der Waals surface area contributed by atoms with Crippen molar-refractivity contribution in [3.63, 3.8) is 0 Å². The molecule has 3 atom stereocenters. The Morgan fingerprint density at radius 2 is 1.71 bits per heavy atom. The number of aromatic carboxylic acids is 1. The third kappa shape index (κ3) is 8.38. The first-order valence-corrected chi connectivity index (χ1v) is 16.3. The van der Waals surface area contributed by atoms with Gasteiger partial charge >= 0.3 is 12.1 Å². The summed E-state index contributed by atoms with van der Waals surface area (Å²) in [7, 11) is 1.48. The molecule has 0 radical (unpaired) electrons. The van der Waals surface area contributed by atoms with E-state index in [4.69, 9.17) is 4.74 Å². The molecule has 244 valence electrons. The number of nitrogens with one attached hydrogen (secondary N) is 2. The van der Waals surface area contributed by atoms with Crippen molar-refractivity contribution in [2.45, 2.75) is 96.4 Å². The van der Waals surface area contributed by atoms with Crippen LogP contribution in [0.1, 0.15) is 82.4 Å². The molecule has 2 fully saturated rings. The lowest BCUT2D eigenvalue weighted by Gasteiger charge is -2.36. The molecule has 45 heavy (non-hydrogen) atoms. The molecule has 0 bridgehead atoms. The van der Waals surface area contributed by atoms with E-state index in [1.165, 1.54) is 16.8 Å². The number of thiazole rings is 1. The highest BCUT2D eigenvalue weighted by Gasteiger charge is 2.42. The Labute approximate surface area is 267 Å². The first-order chi connectivity index (χ1) is 21.3. The van der Waals surface area contributed by atoms with Crippen LogP contribution in [-0.4, -0.2) is 87.0 Å². The monoisotopic (exact) mass is 641 g/mol. The zero-order chi connectivity index (χ0) is 32.9. The van der Waals surface area contributed by atoms with Crippen LogP contribution in [0.5, 0.6) is 0 Å². The Morgan fingerprint density at radius 1 is 1.04 bits per heavy atom. The van der Waals surface area contributed by atoms with E-state index < -0.39 is 47.6 Å². The van der Waals surface area contributed by atoms with E-state index in [1.54, 1.807) is 52.0 Å². The third-order valence-corrected chi connectivity index (χ3v) is 9.22. The number of rotatable bonds is 9. The van der Waals surface area contributed by atoms with E-state index in [9.17, 15) is 29.1 Å². The minimum Gasteiger partial charge on any atom is -0.476 e. The van der Waals surface area contributed by atoms with Gasteiger partial charge in [0.25, 0.3) is 0 Å². The predicted molar refractivity (Wildman–Crippen MR) is 170 cm³/mol. The van der Waals surface area contributed by atoms with Crippen molar-refractivity contribution >= 4 is 46.1 Å². The lowest BCUT2D eigenvalue weighted by molar-refractivity contribution is -0.142. The maximum Gasteiger partial charge on any atom is 0.410 e. The molecule has 4 rings (SSSR count). The van der Waals surface area contributed by atoms with Crippen molar-refractivity contribution in [2.24, 2.45) is 5.92 Å². The zero-order valence-corrected chi connectivity index (χ0v) is 27.3. The summed E-state index contributed by atoms with van der Waals surface area (Å²) in [6.07, 6.45) is 4.81. The fraction of sp³-hybridized carbons (Fsp3) is 0.562. The van der Waals surface area contributed by atoms with Gasteiger partial charge < -0.3 is 25.4 Å². The van der Waals surface area contributed by atoms with Crippen LogP contribution in [0.2, 0.25) is 0 Å². The summed E-state index contributed by atoms with van der Waals surface area (Å²) in [6, 6.07) is 6.41. The summed E-state index contributed by atoms with van der Waals surface area (Å²) in [4.78, 5) is 72.6. The second-order valence-electron chi connectivity index (χ2n) is 12.7. The summed E-state index contributed by atoms with van der Waals surface area (Å²) in [5, 5.41) is 15.5. The largest absolute Gasteiger partial charge is 0.476 e. The highest BCUT2D eigenvalue weighted by atomic mass is 32.1. The van der Waals surface area contributed by atoms with E-state index >= 15 is 0 Å². The van der Waals surface area contributed by atoms with Crippen molar-refractivity contribution in [1.29, 1.82) is 0 Å². The molecule has 2 aliphatic rings. The maximum atomic E-state index is 14.2. The molecule has 4 amide bonds. The summed E-state index contributed by atoms with van der Waals surface area (Å²) in [5.41, 5.74) is 0.267. The van der Waals surface area contributed by atoms with Gasteiger partial charge in [0, 0.05) is 19.2 Å². The number of likely N-dealkylation sites (tertiary alicyclic amines) is 1. The standard InChI is InChI=1S/C32H43N5O7S/c1-19(36(5)31(43)44-32(2,3)4)25(38)33-24(21-15-10-7-11-16-21)29(40)37-18-12-17-22(37)26(39)35-27-23(20-13-8-6-9-14-20)34-28(45-27)30(41)42/h6,8-9,13-14,19,21-22,24H,7,10-12,15-18H2,1-5H3,(H,33,38)(H,35,39)(H,41,42)/t19-,22-,24-/m0/s1. The molecule has 1 aliphatic heterocycles. The minimum atomic E-state index is -1.20. The summed E-state index contributed by atoms with van der Waals surface area (Å²) >= 11 is 0.863. The minimum absolute atomic E-state index is 0.108. The number of ether oxygens (including phenoxy) is 1. The topological polar surface area (TPSA) is 158 Å².